The molecule has 0 bridgehead atoms. The van der Waals surface area contributed by atoms with Gasteiger partial charge in [-0.25, -0.2) is 8.42 Å². The molecule has 9 nitrogen and oxygen atoms in total. The van der Waals surface area contributed by atoms with Crippen LogP contribution in [0.5, 0.6) is 11.5 Å². The van der Waals surface area contributed by atoms with Crippen molar-refractivity contribution in [2.24, 2.45) is 5.92 Å². The van der Waals surface area contributed by atoms with Gasteiger partial charge in [0, 0.05) is 19.5 Å². The normalized spacial score (nSPS) is 11.9. The molecule has 1 atom stereocenters. The number of nitrogens with zero attached hydrogens (tertiary/aromatic N) is 2. The minimum atomic E-state index is -4.26. The standard InChI is InChI=1S/C37H43N3O6S/c1-27(2)24-38-37(42)34(23-29-13-8-6-9-14-29)39(25-30-15-12-16-31(22-30)45-4)36(41)26-40(33-21-28(3)19-20-35(33)46-5)47(43,44)32-17-10-7-11-18-32/h6-22,27,34H,23-26H2,1-5H3,(H,38,42)/t34-/m0/s1. The van der Waals surface area contributed by atoms with E-state index in [0.717, 1.165) is 21.0 Å². The minimum Gasteiger partial charge on any atom is -0.497 e. The van der Waals surface area contributed by atoms with Gasteiger partial charge in [0.15, 0.2) is 0 Å². The molecule has 0 fully saturated rings. The topological polar surface area (TPSA) is 105 Å². The first-order chi connectivity index (χ1) is 22.5. The molecule has 248 valence electrons. The van der Waals surface area contributed by atoms with Crippen LogP contribution in [0.4, 0.5) is 5.69 Å². The van der Waals surface area contributed by atoms with E-state index < -0.39 is 28.5 Å². The Labute approximate surface area is 278 Å². The van der Waals surface area contributed by atoms with Crippen molar-refractivity contribution in [3.05, 3.63) is 120 Å². The lowest BCUT2D eigenvalue weighted by Gasteiger charge is -2.34. The summed E-state index contributed by atoms with van der Waals surface area (Å²) in [4.78, 5) is 30.1. The molecule has 4 aromatic rings. The number of carbonyl (C=O) groups excluding carboxylic acids is 2. The van der Waals surface area contributed by atoms with Crippen LogP contribution < -0.4 is 19.1 Å². The summed E-state index contributed by atoms with van der Waals surface area (Å²) in [5.74, 6) is 0.175. The van der Waals surface area contributed by atoms with Crippen LogP contribution in [-0.4, -0.2) is 58.5 Å². The van der Waals surface area contributed by atoms with Gasteiger partial charge in [-0.15, -0.1) is 0 Å². The van der Waals surface area contributed by atoms with Gasteiger partial charge in [0.25, 0.3) is 10.0 Å². The van der Waals surface area contributed by atoms with Gasteiger partial charge < -0.3 is 19.7 Å². The predicted molar refractivity (Wildman–Crippen MR) is 184 cm³/mol. The van der Waals surface area contributed by atoms with Crippen molar-refractivity contribution in [2.45, 2.75) is 44.7 Å². The molecule has 47 heavy (non-hydrogen) atoms. The second-order valence-electron chi connectivity index (χ2n) is 11.7. The highest BCUT2D eigenvalue weighted by Gasteiger charge is 2.35. The smallest absolute Gasteiger partial charge is 0.264 e. The second-order valence-corrected chi connectivity index (χ2v) is 13.6. The highest BCUT2D eigenvalue weighted by Crippen LogP contribution is 2.34. The van der Waals surface area contributed by atoms with Crippen molar-refractivity contribution < 1.29 is 27.5 Å². The van der Waals surface area contributed by atoms with Crippen LogP contribution in [0, 0.1) is 12.8 Å². The number of ether oxygens (including phenoxy) is 2. The number of benzene rings is 4. The molecule has 0 aromatic heterocycles. The lowest BCUT2D eigenvalue weighted by Crippen LogP contribution is -2.53. The highest BCUT2D eigenvalue weighted by atomic mass is 32.2. The van der Waals surface area contributed by atoms with E-state index in [-0.39, 0.29) is 41.1 Å². The SMILES string of the molecule is COc1cccc(CN(C(=O)CN(c2cc(C)ccc2OC)S(=O)(=O)c2ccccc2)[C@@H](Cc2ccccc2)C(=O)NCC(C)C)c1. The lowest BCUT2D eigenvalue weighted by atomic mass is 10.0. The van der Waals surface area contributed by atoms with Gasteiger partial charge in [-0.3, -0.25) is 13.9 Å². The van der Waals surface area contributed by atoms with Crippen molar-refractivity contribution in [2.75, 3.05) is 31.6 Å². The van der Waals surface area contributed by atoms with E-state index in [2.05, 4.69) is 5.32 Å². The fourth-order valence-corrected chi connectivity index (χ4v) is 6.61. The Hall–Kier alpha value is -4.83. The summed E-state index contributed by atoms with van der Waals surface area (Å²) in [6.07, 6.45) is 0.222. The van der Waals surface area contributed by atoms with Gasteiger partial charge in [0.1, 0.15) is 24.1 Å². The Morgan fingerprint density at radius 1 is 0.809 bits per heavy atom. The minimum absolute atomic E-state index is 0.0196. The maximum Gasteiger partial charge on any atom is 0.264 e. The van der Waals surface area contributed by atoms with Gasteiger partial charge in [-0.1, -0.05) is 80.6 Å². The zero-order chi connectivity index (χ0) is 34.0. The van der Waals surface area contributed by atoms with Crippen LogP contribution in [0.2, 0.25) is 0 Å². The number of aryl methyl sites for hydroxylation is 1. The summed E-state index contributed by atoms with van der Waals surface area (Å²) in [5.41, 5.74) is 2.58. The summed E-state index contributed by atoms with van der Waals surface area (Å²) < 4.78 is 40.7. The molecule has 0 aliphatic carbocycles. The molecule has 0 aliphatic rings. The number of rotatable bonds is 15. The van der Waals surface area contributed by atoms with E-state index in [9.17, 15) is 18.0 Å². The van der Waals surface area contributed by atoms with E-state index >= 15 is 0 Å². The molecule has 0 radical (unpaired) electrons. The van der Waals surface area contributed by atoms with Gasteiger partial charge in [-0.2, -0.15) is 0 Å². The monoisotopic (exact) mass is 657 g/mol. The summed E-state index contributed by atoms with van der Waals surface area (Å²) in [6.45, 7) is 5.69. The number of carbonyl (C=O) groups is 2. The molecule has 1 N–H and O–H groups in total. The summed E-state index contributed by atoms with van der Waals surface area (Å²) in [6, 6.07) is 28.9. The van der Waals surface area contributed by atoms with Crippen LogP contribution in [0.1, 0.15) is 30.5 Å². The van der Waals surface area contributed by atoms with Crippen molar-refractivity contribution in [3.63, 3.8) is 0 Å². The molecule has 10 heteroatoms. The number of methoxy groups -OCH3 is 2. The molecular formula is C37H43N3O6S. The first-order valence-corrected chi connectivity index (χ1v) is 16.9. The molecule has 4 rings (SSSR count). The molecule has 0 unspecified atom stereocenters. The van der Waals surface area contributed by atoms with Crippen LogP contribution in [0.15, 0.2) is 108 Å². The van der Waals surface area contributed by atoms with Crippen molar-refractivity contribution in [1.82, 2.24) is 10.2 Å². The van der Waals surface area contributed by atoms with E-state index in [0.29, 0.717) is 12.3 Å². The average molecular weight is 658 g/mol. The fourth-order valence-electron chi connectivity index (χ4n) is 5.17. The predicted octanol–water partition coefficient (Wildman–Crippen LogP) is 5.62. The van der Waals surface area contributed by atoms with Crippen LogP contribution in [-0.2, 0) is 32.6 Å². The molecule has 0 saturated carbocycles. The number of sulfonamides is 1. The summed E-state index contributed by atoms with van der Waals surface area (Å²) >= 11 is 0. The Morgan fingerprint density at radius 3 is 2.11 bits per heavy atom. The number of hydrogen-bond donors (Lipinski definition) is 1. The largest absolute Gasteiger partial charge is 0.497 e. The van der Waals surface area contributed by atoms with Crippen LogP contribution in [0.3, 0.4) is 0 Å². The van der Waals surface area contributed by atoms with Crippen molar-refractivity contribution in [3.8, 4) is 11.5 Å². The Morgan fingerprint density at radius 2 is 1.47 bits per heavy atom. The Kier molecular flexibility index (Phi) is 12.0. The molecular weight excluding hydrogens is 614 g/mol. The molecule has 0 spiro atoms. The molecule has 0 heterocycles. The van der Waals surface area contributed by atoms with Crippen molar-refractivity contribution in [1.29, 1.82) is 0 Å². The van der Waals surface area contributed by atoms with E-state index in [1.165, 1.54) is 24.1 Å². The van der Waals surface area contributed by atoms with E-state index in [4.69, 9.17) is 9.47 Å². The highest BCUT2D eigenvalue weighted by molar-refractivity contribution is 7.92. The van der Waals surface area contributed by atoms with Crippen LogP contribution in [0.25, 0.3) is 0 Å². The third-order valence-electron chi connectivity index (χ3n) is 7.66. The Balaban J connectivity index is 1.85. The quantitative estimate of drug-likeness (QED) is 0.178. The maximum absolute atomic E-state index is 14.7. The summed E-state index contributed by atoms with van der Waals surface area (Å²) in [5, 5.41) is 3.00. The van der Waals surface area contributed by atoms with Gasteiger partial charge in [0.2, 0.25) is 11.8 Å². The number of anilines is 1. The van der Waals surface area contributed by atoms with Gasteiger partial charge in [0.05, 0.1) is 24.8 Å². The number of nitrogens with one attached hydrogen (secondary N) is 1. The maximum atomic E-state index is 14.7. The van der Waals surface area contributed by atoms with Gasteiger partial charge in [-0.05, 0) is 65.9 Å². The zero-order valence-electron chi connectivity index (χ0n) is 27.6. The fraction of sp³-hybridized carbons (Fsp3) is 0.297. The number of hydrogen-bond acceptors (Lipinski definition) is 6. The molecule has 0 saturated heterocycles. The van der Waals surface area contributed by atoms with Crippen LogP contribution >= 0.6 is 0 Å². The number of amides is 2. The lowest BCUT2D eigenvalue weighted by molar-refractivity contribution is -0.140. The molecule has 0 aliphatic heterocycles. The van der Waals surface area contributed by atoms with Crippen molar-refractivity contribution >= 4 is 27.5 Å². The first kappa shape index (κ1) is 35.0. The molecule has 2 amide bonds. The van der Waals surface area contributed by atoms with E-state index in [1.807, 2.05) is 69.3 Å². The second kappa shape index (κ2) is 16.1. The third kappa shape index (κ3) is 9.13. The Bertz CT molecular complexity index is 1750. The summed E-state index contributed by atoms with van der Waals surface area (Å²) in [7, 11) is -1.25. The zero-order valence-corrected chi connectivity index (χ0v) is 28.4. The molecule has 4 aromatic carbocycles. The first-order valence-electron chi connectivity index (χ1n) is 15.5. The average Bonchev–Trinajstić information content (AvgIpc) is 3.08. The van der Waals surface area contributed by atoms with Gasteiger partial charge >= 0.3 is 0 Å². The third-order valence-corrected chi connectivity index (χ3v) is 9.43. The van der Waals surface area contributed by atoms with E-state index in [1.54, 1.807) is 49.6 Å².